The van der Waals surface area contributed by atoms with Crippen LogP contribution in [0.1, 0.15) is 60.8 Å². The number of aliphatic carboxylic acids is 1. The zero-order valence-electron chi connectivity index (χ0n) is 20.0. The number of nitrogens with one attached hydrogen (secondary N) is 1. The number of amides is 1. The van der Waals surface area contributed by atoms with E-state index in [1.165, 1.54) is 13.1 Å². The summed E-state index contributed by atoms with van der Waals surface area (Å²) in [6.07, 6.45) is 9.78. The minimum absolute atomic E-state index is 0.0271. The first-order valence-electron chi connectivity index (χ1n) is 11.7. The number of rotatable bonds is 2. The smallest absolute Gasteiger partial charge is 0.328 e. The topological polar surface area (TPSA) is 130 Å². The van der Waals surface area contributed by atoms with Gasteiger partial charge in [-0.2, -0.15) is 5.10 Å². The lowest BCUT2D eigenvalue weighted by molar-refractivity contribution is -0.131. The molecule has 36 heavy (non-hydrogen) atoms. The van der Waals surface area contributed by atoms with Crippen LogP contribution in [-0.2, 0) is 16.0 Å². The number of pyridine rings is 1. The molecule has 0 aromatic carbocycles. The van der Waals surface area contributed by atoms with Crippen molar-refractivity contribution < 1.29 is 23.9 Å². The summed E-state index contributed by atoms with van der Waals surface area (Å²) in [5.41, 5.74) is 2.81. The minimum atomic E-state index is -1.10. The van der Waals surface area contributed by atoms with Gasteiger partial charge in [0.25, 0.3) is 5.91 Å². The molecule has 10 nitrogen and oxygen atoms in total. The molecule has 0 aliphatic carbocycles. The van der Waals surface area contributed by atoms with E-state index in [9.17, 15) is 18.8 Å². The van der Waals surface area contributed by atoms with Crippen LogP contribution in [0.5, 0.6) is 0 Å². The number of anilines is 1. The first-order chi connectivity index (χ1) is 17.2. The van der Waals surface area contributed by atoms with Crippen molar-refractivity contribution >= 4 is 29.1 Å². The molecule has 0 saturated carbocycles. The molecule has 2 aliphatic rings. The maximum absolute atomic E-state index is 14.1. The molecule has 1 fully saturated rings. The molecule has 0 unspecified atom stereocenters. The van der Waals surface area contributed by atoms with E-state index in [-0.39, 0.29) is 29.6 Å². The van der Waals surface area contributed by atoms with E-state index in [4.69, 9.17) is 10.1 Å². The minimum Gasteiger partial charge on any atom is -0.478 e. The van der Waals surface area contributed by atoms with Crippen molar-refractivity contribution in [2.45, 2.75) is 51.6 Å². The summed E-state index contributed by atoms with van der Waals surface area (Å²) in [7, 11) is 0. The second kappa shape index (κ2) is 10.6. The molecule has 0 radical (unpaired) electrons. The highest BCUT2D eigenvalue weighted by Gasteiger charge is 2.31. The summed E-state index contributed by atoms with van der Waals surface area (Å²) >= 11 is 0. The Bertz CT molecular complexity index is 1320. The molecule has 2 aliphatic heterocycles. The third-order valence-corrected chi connectivity index (χ3v) is 6.13. The van der Waals surface area contributed by atoms with E-state index >= 15 is 0 Å². The molecule has 3 aromatic rings. The normalized spacial score (nSPS) is 19.4. The highest BCUT2D eigenvalue weighted by Crippen LogP contribution is 2.37. The second-order valence-corrected chi connectivity index (χ2v) is 8.85. The fraction of sp³-hybridized carbons (Fsp3) is 0.360. The van der Waals surface area contributed by atoms with Crippen LogP contribution in [-0.4, -0.2) is 54.9 Å². The largest absolute Gasteiger partial charge is 0.478 e. The van der Waals surface area contributed by atoms with E-state index in [1.54, 1.807) is 16.8 Å². The first-order valence-corrected chi connectivity index (χ1v) is 11.7. The van der Waals surface area contributed by atoms with Gasteiger partial charge in [-0.1, -0.05) is 0 Å². The van der Waals surface area contributed by atoms with E-state index in [1.807, 2.05) is 19.2 Å². The van der Waals surface area contributed by atoms with Crippen molar-refractivity contribution in [1.29, 1.82) is 0 Å². The summed E-state index contributed by atoms with van der Waals surface area (Å²) in [5.74, 6) is -1.09. The van der Waals surface area contributed by atoms with Crippen LogP contribution in [0.15, 0.2) is 42.9 Å². The summed E-state index contributed by atoms with van der Waals surface area (Å²) in [5, 5.41) is 15.2. The van der Waals surface area contributed by atoms with E-state index in [2.05, 4.69) is 20.3 Å². The number of nitrogens with zero attached hydrogens (tertiary/aromatic N) is 5. The molecule has 3 aromatic heterocycles. The number of halogens is 1. The third kappa shape index (κ3) is 5.56. The molecule has 0 spiro atoms. The Kier molecular flexibility index (Phi) is 7.37. The molecule has 1 saturated heterocycles. The zero-order valence-corrected chi connectivity index (χ0v) is 20.0. The van der Waals surface area contributed by atoms with E-state index in [0.29, 0.717) is 17.6 Å². The van der Waals surface area contributed by atoms with Crippen LogP contribution in [0.4, 0.5) is 10.2 Å². The highest BCUT2D eigenvalue weighted by atomic mass is 19.1. The Morgan fingerprint density at radius 2 is 2.06 bits per heavy atom. The van der Waals surface area contributed by atoms with Gasteiger partial charge in [-0.15, -0.1) is 0 Å². The van der Waals surface area contributed by atoms with Crippen molar-refractivity contribution in [1.82, 2.24) is 24.9 Å². The second-order valence-electron chi connectivity index (χ2n) is 8.85. The van der Waals surface area contributed by atoms with Gasteiger partial charge in [0.2, 0.25) is 0 Å². The van der Waals surface area contributed by atoms with Gasteiger partial charge >= 0.3 is 5.97 Å². The lowest BCUT2D eigenvalue weighted by Crippen LogP contribution is -2.33. The van der Waals surface area contributed by atoms with Crippen LogP contribution in [0.2, 0.25) is 0 Å². The monoisotopic (exact) mass is 494 g/mol. The maximum Gasteiger partial charge on any atom is 0.328 e. The van der Waals surface area contributed by atoms with Gasteiger partial charge in [-0.3, -0.25) is 14.6 Å². The van der Waals surface area contributed by atoms with Gasteiger partial charge in [0, 0.05) is 30.6 Å². The van der Waals surface area contributed by atoms with Crippen molar-refractivity contribution in [3.05, 3.63) is 65.5 Å². The fourth-order valence-corrected chi connectivity index (χ4v) is 4.44. The van der Waals surface area contributed by atoms with Gasteiger partial charge < -0.3 is 15.3 Å². The summed E-state index contributed by atoms with van der Waals surface area (Å²) in [6.45, 7) is 4.09. The van der Waals surface area contributed by atoms with Gasteiger partial charge in [0.05, 0.1) is 18.4 Å². The number of fused-ring (bicyclic) bond motifs is 5. The van der Waals surface area contributed by atoms with Crippen molar-refractivity contribution in [3.8, 4) is 0 Å². The number of hydrogen-bond acceptors (Lipinski definition) is 7. The quantitative estimate of drug-likeness (QED) is 0.520. The van der Waals surface area contributed by atoms with Crippen LogP contribution in [0.25, 0.3) is 5.65 Å². The predicted octanol–water partition coefficient (Wildman–Crippen LogP) is 2.89. The summed E-state index contributed by atoms with van der Waals surface area (Å²) in [4.78, 5) is 43.7. The predicted molar refractivity (Wildman–Crippen MR) is 129 cm³/mol. The maximum atomic E-state index is 14.1. The number of hydrogen-bond donors (Lipinski definition) is 2. The van der Waals surface area contributed by atoms with Crippen molar-refractivity contribution in [3.63, 3.8) is 0 Å². The third-order valence-electron chi connectivity index (χ3n) is 6.13. The van der Waals surface area contributed by atoms with Crippen molar-refractivity contribution in [2.24, 2.45) is 0 Å². The van der Waals surface area contributed by atoms with Crippen LogP contribution >= 0.6 is 0 Å². The standard InChI is InChI=1S/C20H21FN6O.C5H6O3/c1-12-4-5-16-14(9-13(21)10-22-16)17-3-2-7-26(17)18-6-8-27-19(25-18)15(11-23-27)20(28)24-12;1-4(6)2-3-5(7)8/h6,8-12,17H,2-5,7H2,1H3,(H,24,28);2-3H,1H3,(H,7,8)/b;3-2-/t12-,17-;/m1./s1. The van der Waals surface area contributed by atoms with Crippen LogP contribution < -0.4 is 10.2 Å². The first kappa shape index (κ1) is 25.0. The highest BCUT2D eigenvalue weighted by molar-refractivity contribution is 6.00. The van der Waals surface area contributed by atoms with Crippen LogP contribution in [0.3, 0.4) is 0 Å². The van der Waals surface area contributed by atoms with Gasteiger partial charge in [-0.25, -0.2) is 18.7 Å². The Hall–Kier alpha value is -4.15. The Morgan fingerprint density at radius 1 is 1.25 bits per heavy atom. The molecule has 5 heterocycles. The average Bonchev–Trinajstić information content (AvgIpc) is 3.48. The van der Waals surface area contributed by atoms with Gasteiger partial charge in [-0.05, 0) is 63.3 Å². The SMILES string of the molecule is CC(=O)/C=C\C(=O)O.C[C@@H]1CCc2ncc(F)cc2[C@H]2CCCN2c2ccn3ncc(c3n2)C(=O)N1. The lowest BCUT2D eigenvalue weighted by Gasteiger charge is -2.27. The summed E-state index contributed by atoms with van der Waals surface area (Å²) < 4.78 is 15.7. The van der Waals surface area contributed by atoms with Gasteiger partial charge in [0.1, 0.15) is 17.2 Å². The van der Waals surface area contributed by atoms with E-state index < -0.39 is 5.97 Å². The Morgan fingerprint density at radius 3 is 2.78 bits per heavy atom. The number of ketones is 1. The fourth-order valence-electron chi connectivity index (χ4n) is 4.44. The molecule has 1 amide bonds. The molecular weight excluding hydrogens is 467 g/mol. The Labute approximate surface area is 206 Å². The number of aromatic nitrogens is 4. The van der Waals surface area contributed by atoms with Crippen LogP contribution in [0, 0.1) is 5.82 Å². The number of carboxylic acids is 1. The molecule has 2 atom stereocenters. The van der Waals surface area contributed by atoms with E-state index in [0.717, 1.165) is 55.0 Å². The zero-order chi connectivity index (χ0) is 25.8. The number of aryl methyl sites for hydroxylation is 1. The van der Waals surface area contributed by atoms with Crippen molar-refractivity contribution in [2.75, 3.05) is 11.4 Å². The average molecular weight is 495 g/mol. The molecule has 5 rings (SSSR count). The molecule has 2 bridgehead atoms. The Balaban J connectivity index is 0.000000331. The molecule has 11 heteroatoms. The molecular formula is C25H27FN6O4. The summed E-state index contributed by atoms with van der Waals surface area (Å²) in [6, 6.07) is 3.48. The number of allylic oxidation sites excluding steroid dienone is 1. The number of carbonyl (C=O) groups is 3. The molecule has 2 N–H and O–H groups in total. The number of carbonyl (C=O) groups excluding carboxylic acids is 2. The van der Waals surface area contributed by atoms with Gasteiger partial charge in [0.15, 0.2) is 11.4 Å². The molecule has 188 valence electrons. The lowest BCUT2D eigenvalue weighted by atomic mass is 9.98. The number of carboxylic acid groups (broad SMARTS) is 1.